The molecule has 0 aliphatic rings. The Labute approximate surface area is 119 Å². The van der Waals surface area contributed by atoms with E-state index in [1.165, 1.54) is 6.07 Å². The zero-order chi connectivity index (χ0) is 14.7. The Hall–Kier alpha value is -2.08. The minimum atomic E-state index is -0.944. The number of H-pyrrole nitrogens is 1. The van der Waals surface area contributed by atoms with Gasteiger partial charge in [-0.15, -0.1) is 0 Å². The van der Waals surface area contributed by atoms with Gasteiger partial charge in [0, 0.05) is 6.20 Å². The molecule has 2 aromatic rings. The second-order valence-corrected chi connectivity index (χ2v) is 4.69. The summed E-state index contributed by atoms with van der Waals surface area (Å²) in [6, 6.07) is 6.30. The Morgan fingerprint density at radius 3 is 2.70 bits per heavy atom. The molecular formula is C14H12F2N2OS. The number of pyridine rings is 1. The first-order valence-corrected chi connectivity index (χ1v) is 6.33. The summed E-state index contributed by atoms with van der Waals surface area (Å²) in [7, 11) is 0. The van der Waals surface area contributed by atoms with E-state index in [0.29, 0.717) is 15.8 Å². The molecule has 3 nitrogen and oxygen atoms in total. The predicted molar refractivity (Wildman–Crippen MR) is 73.9 cm³/mol. The van der Waals surface area contributed by atoms with Gasteiger partial charge in [-0.3, -0.25) is 4.79 Å². The van der Waals surface area contributed by atoms with Crippen molar-refractivity contribution in [3.05, 3.63) is 63.9 Å². The third-order valence-electron chi connectivity index (χ3n) is 2.85. The summed E-state index contributed by atoms with van der Waals surface area (Å²) in [4.78, 5) is 14.8. The van der Waals surface area contributed by atoms with E-state index in [4.69, 9.17) is 12.2 Å². The van der Waals surface area contributed by atoms with E-state index in [0.717, 1.165) is 12.1 Å². The van der Waals surface area contributed by atoms with E-state index in [9.17, 15) is 13.6 Å². The number of amides is 1. The molecule has 0 spiro atoms. The van der Waals surface area contributed by atoms with Gasteiger partial charge in [0.05, 0.1) is 11.6 Å². The number of aromatic nitrogens is 1. The molecule has 0 saturated heterocycles. The fourth-order valence-electron chi connectivity index (χ4n) is 1.74. The molecule has 1 unspecified atom stereocenters. The second-order valence-electron chi connectivity index (χ2n) is 4.28. The SMILES string of the molecule is CC(NC(=O)c1ccc[nH]c1=S)c1ccc(F)c(F)c1. The van der Waals surface area contributed by atoms with Crippen molar-refractivity contribution in [1.29, 1.82) is 0 Å². The molecule has 0 fully saturated rings. The average Bonchev–Trinajstić information content (AvgIpc) is 2.42. The fourth-order valence-corrected chi connectivity index (χ4v) is 1.97. The third kappa shape index (κ3) is 3.08. The van der Waals surface area contributed by atoms with Crippen molar-refractivity contribution in [2.24, 2.45) is 0 Å². The molecule has 0 aliphatic carbocycles. The maximum atomic E-state index is 13.2. The number of benzene rings is 1. The minimum absolute atomic E-state index is 0.322. The van der Waals surface area contributed by atoms with Crippen molar-refractivity contribution in [1.82, 2.24) is 10.3 Å². The Bertz CT molecular complexity index is 700. The van der Waals surface area contributed by atoms with Gasteiger partial charge in [0.15, 0.2) is 11.6 Å². The smallest absolute Gasteiger partial charge is 0.254 e. The minimum Gasteiger partial charge on any atom is -0.352 e. The van der Waals surface area contributed by atoms with Crippen LogP contribution < -0.4 is 5.32 Å². The molecule has 6 heteroatoms. The highest BCUT2D eigenvalue weighted by Gasteiger charge is 2.14. The van der Waals surface area contributed by atoms with Crippen molar-refractivity contribution in [3.8, 4) is 0 Å². The van der Waals surface area contributed by atoms with E-state index >= 15 is 0 Å². The van der Waals surface area contributed by atoms with Crippen molar-refractivity contribution < 1.29 is 13.6 Å². The molecule has 1 amide bonds. The van der Waals surface area contributed by atoms with Gasteiger partial charge >= 0.3 is 0 Å². The van der Waals surface area contributed by atoms with E-state index in [-0.39, 0.29) is 5.91 Å². The molecule has 0 aliphatic heterocycles. The van der Waals surface area contributed by atoms with Crippen LogP contribution in [0.1, 0.15) is 28.9 Å². The van der Waals surface area contributed by atoms with Gasteiger partial charge in [-0.2, -0.15) is 0 Å². The number of nitrogens with one attached hydrogen (secondary N) is 2. The highest BCUT2D eigenvalue weighted by Crippen LogP contribution is 2.16. The van der Waals surface area contributed by atoms with Gasteiger partial charge in [0.1, 0.15) is 4.64 Å². The molecule has 2 N–H and O–H groups in total. The number of halogens is 2. The zero-order valence-electron chi connectivity index (χ0n) is 10.6. The molecule has 1 heterocycles. The van der Waals surface area contributed by atoms with Gasteiger partial charge in [-0.25, -0.2) is 8.78 Å². The van der Waals surface area contributed by atoms with Crippen molar-refractivity contribution in [2.75, 3.05) is 0 Å². The third-order valence-corrected chi connectivity index (χ3v) is 3.19. The molecule has 1 aromatic carbocycles. The lowest BCUT2D eigenvalue weighted by molar-refractivity contribution is 0.0939. The molecule has 2 rings (SSSR count). The summed E-state index contributed by atoms with van der Waals surface area (Å²) in [5, 5.41) is 2.69. The van der Waals surface area contributed by atoms with Crippen molar-refractivity contribution in [3.63, 3.8) is 0 Å². The second kappa shape index (κ2) is 5.92. The summed E-state index contributed by atoms with van der Waals surface area (Å²) in [5.74, 6) is -2.23. The Morgan fingerprint density at radius 2 is 2.05 bits per heavy atom. The summed E-state index contributed by atoms with van der Waals surface area (Å²) >= 11 is 5.01. The first kappa shape index (κ1) is 14.3. The maximum Gasteiger partial charge on any atom is 0.254 e. The number of hydrogen-bond acceptors (Lipinski definition) is 2. The summed E-state index contributed by atoms with van der Waals surface area (Å²) in [5.41, 5.74) is 0.806. The van der Waals surface area contributed by atoms with Crippen LogP contribution in [0, 0.1) is 16.3 Å². The van der Waals surface area contributed by atoms with Gasteiger partial charge < -0.3 is 10.3 Å². The van der Waals surface area contributed by atoms with E-state index in [1.807, 2.05) is 0 Å². The highest BCUT2D eigenvalue weighted by atomic mass is 32.1. The van der Waals surface area contributed by atoms with Crippen LogP contribution in [0.5, 0.6) is 0 Å². The lowest BCUT2D eigenvalue weighted by Crippen LogP contribution is -2.27. The molecule has 0 saturated carbocycles. The molecular weight excluding hydrogens is 282 g/mol. The van der Waals surface area contributed by atoms with Gasteiger partial charge in [-0.05, 0) is 36.8 Å². The van der Waals surface area contributed by atoms with Gasteiger partial charge in [0.2, 0.25) is 0 Å². The Morgan fingerprint density at radius 1 is 1.30 bits per heavy atom. The number of hydrogen-bond donors (Lipinski definition) is 2. The van der Waals surface area contributed by atoms with Crippen LogP contribution in [0.25, 0.3) is 0 Å². The van der Waals surface area contributed by atoms with Crippen LogP contribution in [0.15, 0.2) is 36.5 Å². The predicted octanol–water partition coefficient (Wildman–Crippen LogP) is 3.51. The fraction of sp³-hybridized carbons (Fsp3) is 0.143. The van der Waals surface area contributed by atoms with E-state index in [1.54, 1.807) is 25.3 Å². The lowest BCUT2D eigenvalue weighted by Gasteiger charge is -2.14. The van der Waals surface area contributed by atoms with E-state index in [2.05, 4.69) is 10.3 Å². The lowest BCUT2D eigenvalue weighted by atomic mass is 10.1. The number of aromatic amines is 1. The highest BCUT2D eigenvalue weighted by molar-refractivity contribution is 7.71. The molecule has 20 heavy (non-hydrogen) atoms. The average molecular weight is 294 g/mol. The Kier molecular flexibility index (Phi) is 4.24. The van der Waals surface area contributed by atoms with Crippen molar-refractivity contribution in [2.45, 2.75) is 13.0 Å². The first-order chi connectivity index (χ1) is 9.49. The van der Waals surface area contributed by atoms with Gasteiger partial charge in [-0.1, -0.05) is 18.3 Å². The number of carbonyl (C=O) groups excluding carboxylic acids is 1. The van der Waals surface area contributed by atoms with Crippen LogP contribution >= 0.6 is 12.2 Å². The van der Waals surface area contributed by atoms with Crippen molar-refractivity contribution >= 4 is 18.1 Å². The first-order valence-electron chi connectivity index (χ1n) is 5.92. The van der Waals surface area contributed by atoms with Gasteiger partial charge in [0.25, 0.3) is 5.91 Å². The zero-order valence-corrected chi connectivity index (χ0v) is 11.4. The van der Waals surface area contributed by atoms with E-state index < -0.39 is 17.7 Å². The largest absolute Gasteiger partial charge is 0.352 e. The monoisotopic (exact) mass is 294 g/mol. The topological polar surface area (TPSA) is 44.9 Å². The molecule has 1 aromatic heterocycles. The Balaban J connectivity index is 2.17. The standard InChI is InChI=1S/C14H12F2N2OS/c1-8(9-4-5-11(15)12(16)7-9)18-13(19)10-3-2-6-17-14(10)20/h2-8H,1H3,(H,17,20)(H,18,19). The number of carbonyl (C=O) groups is 1. The normalized spacial score (nSPS) is 11.9. The quantitative estimate of drug-likeness (QED) is 0.851. The summed E-state index contributed by atoms with van der Waals surface area (Å²) in [6.45, 7) is 1.68. The molecule has 1 atom stereocenters. The maximum absolute atomic E-state index is 13.2. The summed E-state index contributed by atoms with van der Waals surface area (Å²) in [6.07, 6.45) is 1.62. The van der Waals surface area contributed by atoms with Crippen LogP contribution in [-0.2, 0) is 0 Å². The van der Waals surface area contributed by atoms with Crippen LogP contribution in [0.4, 0.5) is 8.78 Å². The molecule has 0 bridgehead atoms. The van der Waals surface area contributed by atoms with Crippen LogP contribution in [0.3, 0.4) is 0 Å². The number of rotatable bonds is 3. The van der Waals surface area contributed by atoms with Crippen LogP contribution in [-0.4, -0.2) is 10.9 Å². The molecule has 104 valence electrons. The van der Waals surface area contributed by atoms with Crippen LogP contribution in [0.2, 0.25) is 0 Å². The summed E-state index contributed by atoms with van der Waals surface area (Å²) < 4.78 is 26.3. The molecule has 0 radical (unpaired) electrons.